The second kappa shape index (κ2) is 7.73. The molecule has 142 valence electrons. The predicted octanol–water partition coefficient (Wildman–Crippen LogP) is 5.49. The van der Waals surface area contributed by atoms with Gasteiger partial charge in [0, 0.05) is 10.4 Å². The first kappa shape index (κ1) is 18.0. The summed E-state index contributed by atoms with van der Waals surface area (Å²) in [6.45, 7) is 2.74. The molecule has 5 nitrogen and oxygen atoms in total. The zero-order valence-electron chi connectivity index (χ0n) is 15.2. The average molecular weight is 455 g/mol. The highest BCUT2D eigenvalue weighted by molar-refractivity contribution is 9.10. The highest BCUT2D eigenvalue weighted by atomic mass is 79.9. The molecule has 28 heavy (non-hydrogen) atoms. The molecule has 1 saturated heterocycles. The molecule has 0 spiro atoms. The Balaban J connectivity index is 1.22. The smallest absolute Gasteiger partial charge is 0.248 e. The Morgan fingerprint density at radius 2 is 1.82 bits per heavy atom. The number of benzene rings is 2. The number of para-hydroxylation sites is 1. The summed E-state index contributed by atoms with van der Waals surface area (Å²) < 4.78 is 8.14. The molecule has 7 heteroatoms. The maximum atomic E-state index is 5.90. The first-order valence-corrected chi connectivity index (χ1v) is 11.0. The quantitative estimate of drug-likeness (QED) is 0.408. The summed E-state index contributed by atoms with van der Waals surface area (Å²) in [7, 11) is 0. The molecule has 5 rings (SSSR count). The van der Waals surface area contributed by atoms with Crippen LogP contribution in [-0.2, 0) is 6.54 Å². The Hall–Kier alpha value is -2.09. The Labute approximate surface area is 175 Å². The third-order valence-corrected chi connectivity index (χ3v) is 7.07. The molecule has 3 heterocycles. The van der Waals surface area contributed by atoms with E-state index in [9.17, 15) is 0 Å². The number of rotatable bonds is 4. The van der Waals surface area contributed by atoms with E-state index in [1.165, 1.54) is 9.71 Å². The molecule has 2 aromatic heterocycles. The SMILES string of the molecule is Brc1ccccc1-c1nnc(CN2CCC(c3nc4ccccc4s3)CC2)o1. The van der Waals surface area contributed by atoms with Crippen LogP contribution >= 0.6 is 27.3 Å². The van der Waals surface area contributed by atoms with Crippen molar-refractivity contribution in [2.45, 2.75) is 25.3 Å². The van der Waals surface area contributed by atoms with Gasteiger partial charge in [0.1, 0.15) is 0 Å². The number of nitrogens with zero attached hydrogens (tertiary/aromatic N) is 4. The van der Waals surface area contributed by atoms with Crippen molar-refractivity contribution in [3.8, 4) is 11.5 Å². The third kappa shape index (κ3) is 3.62. The lowest BCUT2D eigenvalue weighted by Gasteiger charge is -2.29. The van der Waals surface area contributed by atoms with Crippen molar-refractivity contribution >= 4 is 37.5 Å². The van der Waals surface area contributed by atoms with E-state index in [2.05, 4.69) is 55.3 Å². The van der Waals surface area contributed by atoms with E-state index in [1.807, 2.05) is 35.6 Å². The monoisotopic (exact) mass is 454 g/mol. The lowest BCUT2D eigenvalue weighted by molar-refractivity contribution is 0.188. The van der Waals surface area contributed by atoms with E-state index < -0.39 is 0 Å². The fraction of sp³-hybridized carbons (Fsp3) is 0.286. The minimum Gasteiger partial charge on any atom is -0.419 e. The van der Waals surface area contributed by atoms with Gasteiger partial charge < -0.3 is 4.42 Å². The van der Waals surface area contributed by atoms with Crippen molar-refractivity contribution < 1.29 is 4.42 Å². The lowest BCUT2D eigenvalue weighted by Crippen LogP contribution is -2.32. The largest absolute Gasteiger partial charge is 0.419 e. The van der Waals surface area contributed by atoms with Gasteiger partial charge in [-0.3, -0.25) is 4.90 Å². The van der Waals surface area contributed by atoms with Gasteiger partial charge in [0.15, 0.2) is 0 Å². The number of hydrogen-bond donors (Lipinski definition) is 0. The molecule has 1 aliphatic rings. The van der Waals surface area contributed by atoms with Gasteiger partial charge >= 0.3 is 0 Å². The zero-order chi connectivity index (χ0) is 18.9. The van der Waals surface area contributed by atoms with Crippen molar-refractivity contribution in [3.63, 3.8) is 0 Å². The number of likely N-dealkylation sites (tertiary alicyclic amines) is 1. The highest BCUT2D eigenvalue weighted by Gasteiger charge is 2.24. The van der Waals surface area contributed by atoms with Gasteiger partial charge in [0.2, 0.25) is 11.8 Å². The summed E-state index contributed by atoms with van der Waals surface area (Å²) >= 11 is 5.38. The fourth-order valence-electron chi connectivity index (χ4n) is 3.65. The van der Waals surface area contributed by atoms with Crippen LogP contribution in [0.4, 0.5) is 0 Å². The summed E-state index contributed by atoms with van der Waals surface area (Å²) in [6.07, 6.45) is 2.23. The van der Waals surface area contributed by atoms with Crippen LogP contribution < -0.4 is 0 Å². The van der Waals surface area contributed by atoms with Crippen LogP contribution in [0, 0.1) is 0 Å². The van der Waals surface area contributed by atoms with Gasteiger partial charge in [-0.2, -0.15) is 0 Å². The molecule has 0 radical (unpaired) electrons. The molecule has 0 aliphatic carbocycles. The molecule has 1 aliphatic heterocycles. The first-order valence-electron chi connectivity index (χ1n) is 9.41. The number of piperidine rings is 1. The summed E-state index contributed by atoms with van der Waals surface area (Å²) in [6, 6.07) is 16.3. The standard InChI is InChI=1S/C21H19BrN4OS/c22-16-6-2-1-5-15(16)20-25-24-19(27-20)13-26-11-9-14(10-12-26)21-23-17-7-3-4-8-18(17)28-21/h1-8,14H,9-13H2. The number of hydrogen-bond acceptors (Lipinski definition) is 6. The minimum absolute atomic E-state index is 0.548. The molecule has 0 unspecified atom stereocenters. The molecule has 0 saturated carbocycles. The Morgan fingerprint density at radius 1 is 1.04 bits per heavy atom. The third-order valence-electron chi connectivity index (χ3n) is 5.18. The molecule has 0 bridgehead atoms. The average Bonchev–Trinajstić information content (AvgIpc) is 3.36. The highest BCUT2D eigenvalue weighted by Crippen LogP contribution is 2.34. The summed E-state index contributed by atoms with van der Waals surface area (Å²) in [5.41, 5.74) is 2.05. The van der Waals surface area contributed by atoms with Crippen molar-refractivity contribution in [2.24, 2.45) is 0 Å². The maximum absolute atomic E-state index is 5.90. The molecule has 0 amide bonds. The number of thiazole rings is 1. The van der Waals surface area contributed by atoms with E-state index >= 15 is 0 Å². The summed E-state index contributed by atoms with van der Waals surface area (Å²) in [5.74, 6) is 1.78. The lowest BCUT2D eigenvalue weighted by atomic mass is 9.97. The van der Waals surface area contributed by atoms with E-state index in [4.69, 9.17) is 9.40 Å². The Morgan fingerprint density at radius 3 is 2.64 bits per heavy atom. The topological polar surface area (TPSA) is 55.1 Å². The van der Waals surface area contributed by atoms with Crippen LogP contribution in [0.5, 0.6) is 0 Å². The second-order valence-electron chi connectivity index (χ2n) is 7.05. The van der Waals surface area contributed by atoms with Crippen LogP contribution in [-0.4, -0.2) is 33.2 Å². The van der Waals surface area contributed by atoms with Gasteiger partial charge in [0.25, 0.3) is 0 Å². The molecule has 2 aromatic carbocycles. The van der Waals surface area contributed by atoms with Gasteiger partial charge in [-0.05, 0) is 66.1 Å². The number of halogens is 1. The van der Waals surface area contributed by atoms with Crippen LogP contribution in [0.25, 0.3) is 21.7 Å². The van der Waals surface area contributed by atoms with E-state index in [-0.39, 0.29) is 0 Å². The van der Waals surface area contributed by atoms with Crippen molar-refractivity contribution in [3.05, 3.63) is 63.9 Å². The molecule has 0 atom stereocenters. The van der Waals surface area contributed by atoms with Gasteiger partial charge in [-0.1, -0.05) is 24.3 Å². The van der Waals surface area contributed by atoms with Gasteiger partial charge in [-0.25, -0.2) is 4.98 Å². The van der Waals surface area contributed by atoms with Crippen LogP contribution in [0.3, 0.4) is 0 Å². The van der Waals surface area contributed by atoms with Crippen LogP contribution in [0.1, 0.15) is 29.7 Å². The zero-order valence-corrected chi connectivity index (χ0v) is 17.6. The molecular formula is C21H19BrN4OS. The molecular weight excluding hydrogens is 436 g/mol. The predicted molar refractivity (Wildman–Crippen MR) is 114 cm³/mol. The van der Waals surface area contributed by atoms with Gasteiger partial charge in [0.05, 0.1) is 27.3 Å². The van der Waals surface area contributed by atoms with E-state index in [0.717, 1.165) is 41.5 Å². The van der Waals surface area contributed by atoms with Crippen molar-refractivity contribution in [1.29, 1.82) is 0 Å². The molecule has 0 N–H and O–H groups in total. The van der Waals surface area contributed by atoms with Crippen molar-refractivity contribution in [1.82, 2.24) is 20.1 Å². The number of aromatic nitrogens is 3. The van der Waals surface area contributed by atoms with Crippen LogP contribution in [0.2, 0.25) is 0 Å². The summed E-state index contributed by atoms with van der Waals surface area (Å²) in [5, 5.41) is 9.74. The number of fused-ring (bicyclic) bond motifs is 1. The fourth-order valence-corrected chi connectivity index (χ4v) is 5.25. The molecule has 1 fully saturated rings. The Kier molecular flexibility index (Phi) is 4.96. The normalized spacial score (nSPS) is 16.0. The Bertz CT molecular complexity index is 1070. The maximum Gasteiger partial charge on any atom is 0.248 e. The van der Waals surface area contributed by atoms with E-state index in [0.29, 0.717) is 24.2 Å². The minimum atomic E-state index is 0.548. The van der Waals surface area contributed by atoms with E-state index in [1.54, 1.807) is 0 Å². The second-order valence-corrected chi connectivity index (χ2v) is 8.97. The molecule has 4 aromatic rings. The summed E-state index contributed by atoms with van der Waals surface area (Å²) in [4.78, 5) is 7.24. The van der Waals surface area contributed by atoms with Gasteiger partial charge in [-0.15, -0.1) is 21.5 Å². The van der Waals surface area contributed by atoms with Crippen LogP contribution in [0.15, 0.2) is 57.4 Å². The first-order chi connectivity index (χ1) is 13.8. The van der Waals surface area contributed by atoms with Crippen molar-refractivity contribution in [2.75, 3.05) is 13.1 Å².